The third-order valence-corrected chi connectivity index (χ3v) is 6.43. The van der Waals surface area contributed by atoms with Gasteiger partial charge in [-0.15, -0.1) is 0 Å². The van der Waals surface area contributed by atoms with Crippen LogP contribution in [0.2, 0.25) is 5.02 Å². The highest BCUT2D eigenvalue weighted by Gasteiger charge is 2.23. The van der Waals surface area contributed by atoms with E-state index in [9.17, 15) is 18.4 Å². The number of aromatic nitrogens is 3. The lowest BCUT2D eigenvalue weighted by atomic mass is 10.1. The molecule has 0 unspecified atom stereocenters. The SMILES string of the molecule is CNc1nc(-c2ccc(Cl)c(C(=O)Nc3cc(C(=O)N[C@H]4CCOC4)nn3-c3ccccc3)c2)c(F)cc1F. The van der Waals surface area contributed by atoms with Gasteiger partial charge >= 0.3 is 0 Å². The second kappa shape index (κ2) is 11.2. The predicted octanol–water partition coefficient (Wildman–Crippen LogP) is 4.68. The Morgan fingerprint density at radius 3 is 2.56 bits per heavy atom. The van der Waals surface area contributed by atoms with Gasteiger partial charge in [0.05, 0.1) is 28.9 Å². The van der Waals surface area contributed by atoms with Gasteiger partial charge in [-0.2, -0.15) is 5.10 Å². The van der Waals surface area contributed by atoms with Crippen LogP contribution in [0.1, 0.15) is 27.3 Å². The summed E-state index contributed by atoms with van der Waals surface area (Å²) < 4.78 is 35.2. The van der Waals surface area contributed by atoms with Gasteiger partial charge in [-0.1, -0.05) is 35.9 Å². The zero-order valence-electron chi connectivity index (χ0n) is 20.7. The second-order valence-electron chi connectivity index (χ2n) is 8.74. The maximum Gasteiger partial charge on any atom is 0.272 e. The monoisotopic (exact) mass is 552 g/mol. The van der Waals surface area contributed by atoms with Crippen LogP contribution >= 0.6 is 11.6 Å². The molecule has 1 fully saturated rings. The van der Waals surface area contributed by atoms with E-state index in [-0.39, 0.29) is 45.2 Å². The Bertz CT molecular complexity index is 1540. The van der Waals surface area contributed by atoms with Crippen molar-refractivity contribution in [1.29, 1.82) is 0 Å². The van der Waals surface area contributed by atoms with E-state index < -0.39 is 23.4 Å². The number of hydrogen-bond acceptors (Lipinski definition) is 6. The molecule has 1 aliphatic heterocycles. The number of benzene rings is 2. The van der Waals surface area contributed by atoms with Crippen LogP contribution in [-0.4, -0.2) is 52.9 Å². The Morgan fingerprint density at radius 1 is 1.05 bits per heavy atom. The highest BCUT2D eigenvalue weighted by molar-refractivity contribution is 6.34. The number of ether oxygens (including phenoxy) is 1. The van der Waals surface area contributed by atoms with Crippen LogP contribution in [0.3, 0.4) is 0 Å². The molecule has 0 bridgehead atoms. The van der Waals surface area contributed by atoms with Gasteiger partial charge < -0.3 is 20.7 Å². The van der Waals surface area contributed by atoms with Crippen molar-refractivity contribution in [3.8, 4) is 16.9 Å². The van der Waals surface area contributed by atoms with Gasteiger partial charge in [0.25, 0.3) is 11.8 Å². The predicted molar refractivity (Wildman–Crippen MR) is 142 cm³/mol. The van der Waals surface area contributed by atoms with E-state index in [1.807, 2.05) is 6.07 Å². The first kappa shape index (κ1) is 26.3. The smallest absolute Gasteiger partial charge is 0.272 e. The Hall–Kier alpha value is -4.35. The zero-order valence-corrected chi connectivity index (χ0v) is 21.4. The molecule has 0 spiro atoms. The summed E-state index contributed by atoms with van der Waals surface area (Å²) in [6.45, 7) is 0.987. The van der Waals surface area contributed by atoms with Crippen molar-refractivity contribution in [2.24, 2.45) is 0 Å². The van der Waals surface area contributed by atoms with Crippen molar-refractivity contribution >= 4 is 35.1 Å². The fourth-order valence-electron chi connectivity index (χ4n) is 4.13. The van der Waals surface area contributed by atoms with E-state index >= 15 is 0 Å². The Balaban J connectivity index is 1.47. The average molecular weight is 553 g/mol. The molecule has 4 aromatic rings. The molecule has 2 aromatic carbocycles. The molecule has 200 valence electrons. The first-order chi connectivity index (χ1) is 18.8. The van der Waals surface area contributed by atoms with Crippen molar-refractivity contribution in [2.45, 2.75) is 12.5 Å². The lowest BCUT2D eigenvalue weighted by molar-refractivity contribution is 0.0923. The summed E-state index contributed by atoms with van der Waals surface area (Å²) in [6.07, 6.45) is 0.697. The maximum absolute atomic E-state index is 14.6. The van der Waals surface area contributed by atoms with Crippen LogP contribution in [0, 0.1) is 11.6 Å². The van der Waals surface area contributed by atoms with Crippen molar-refractivity contribution in [3.05, 3.63) is 88.6 Å². The van der Waals surface area contributed by atoms with E-state index in [1.54, 1.807) is 24.3 Å². The van der Waals surface area contributed by atoms with Gasteiger partial charge in [-0.3, -0.25) is 9.59 Å². The van der Waals surface area contributed by atoms with Crippen molar-refractivity contribution in [2.75, 3.05) is 30.9 Å². The fourth-order valence-corrected chi connectivity index (χ4v) is 4.33. The molecule has 0 radical (unpaired) electrons. The molecule has 3 heterocycles. The van der Waals surface area contributed by atoms with Crippen LogP contribution in [0.15, 0.2) is 60.7 Å². The van der Waals surface area contributed by atoms with Gasteiger partial charge in [-0.05, 0) is 30.7 Å². The minimum absolute atomic E-state index is 0.0145. The Morgan fingerprint density at radius 2 is 1.85 bits per heavy atom. The third kappa shape index (κ3) is 5.59. The Labute approximate surface area is 227 Å². The number of anilines is 2. The third-order valence-electron chi connectivity index (χ3n) is 6.10. The van der Waals surface area contributed by atoms with Gasteiger partial charge in [0.15, 0.2) is 23.1 Å². The lowest BCUT2D eigenvalue weighted by Crippen LogP contribution is -2.35. The topological polar surface area (TPSA) is 110 Å². The zero-order chi connectivity index (χ0) is 27.5. The van der Waals surface area contributed by atoms with Gasteiger partial charge in [-0.25, -0.2) is 18.4 Å². The van der Waals surface area contributed by atoms with Crippen molar-refractivity contribution in [1.82, 2.24) is 20.1 Å². The molecule has 1 saturated heterocycles. The van der Waals surface area contributed by atoms with E-state index in [4.69, 9.17) is 16.3 Å². The fraction of sp³-hybridized carbons (Fsp3) is 0.185. The summed E-state index contributed by atoms with van der Waals surface area (Å²) >= 11 is 6.33. The lowest BCUT2D eigenvalue weighted by Gasteiger charge is -2.12. The van der Waals surface area contributed by atoms with E-state index in [0.29, 0.717) is 31.4 Å². The molecule has 2 amide bonds. The molecule has 2 aromatic heterocycles. The number of carbonyl (C=O) groups is 2. The summed E-state index contributed by atoms with van der Waals surface area (Å²) in [5.74, 6) is -2.72. The van der Waals surface area contributed by atoms with Crippen LogP contribution in [0.4, 0.5) is 20.4 Å². The van der Waals surface area contributed by atoms with Gasteiger partial charge in [0.1, 0.15) is 11.5 Å². The number of halogens is 3. The first-order valence-corrected chi connectivity index (χ1v) is 12.4. The molecule has 1 aliphatic rings. The largest absolute Gasteiger partial charge is 0.379 e. The number of hydrogen-bond donors (Lipinski definition) is 3. The summed E-state index contributed by atoms with van der Waals surface area (Å²) in [7, 11) is 1.46. The van der Waals surface area contributed by atoms with Crippen LogP contribution in [0.5, 0.6) is 0 Å². The summed E-state index contributed by atoms with van der Waals surface area (Å²) in [4.78, 5) is 30.2. The second-order valence-corrected chi connectivity index (χ2v) is 9.15. The molecule has 0 saturated carbocycles. The van der Waals surface area contributed by atoms with Gasteiger partial charge in [0, 0.05) is 31.4 Å². The highest BCUT2D eigenvalue weighted by atomic mass is 35.5. The molecule has 3 N–H and O–H groups in total. The molecule has 12 heteroatoms. The molecule has 9 nitrogen and oxygen atoms in total. The quantitative estimate of drug-likeness (QED) is 0.307. The van der Waals surface area contributed by atoms with Crippen LogP contribution in [-0.2, 0) is 4.74 Å². The number of pyridine rings is 1. The van der Waals surface area contributed by atoms with E-state index in [1.165, 1.54) is 36.0 Å². The minimum Gasteiger partial charge on any atom is -0.379 e. The van der Waals surface area contributed by atoms with E-state index in [0.717, 1.165) is 0 Å². The molecule has 5 rings (SSSR count). The number of amides is 2. The van der Waals surface area contributed by atoms with Gasteiger partial charge in [0.2, 0.25) is 0 Å². The molecular formula is C27H23ClF2N6O3. The molecule has 39 heavy (non-hydrogen) atoms. The van der Waals surface area contributed by atoms with Crippen molar-refractivity contribution in [3.63, 3.8) is 0 Å². The van der Waals surface area contributed by atoms with Crippen molar-refractivity contribution < 1.29 is 23.1 Å². The maximum atomic E-state index is 14.6. The number of rotatable bonds is 7. The Kier molecular flexibility index (Phi) is 7.53. The standard InChI is InChI=1S/C27H23ClF2N6O3/c1-31-25-21(30)12-20(29)24(34-25)15-7-8-19(28)18(11-15)26(37)33-23-13-22(27(38)32-16-9-10-39-14-16)35-36(23)17-5-3-2-4-6-17/h2-8,11-13,16H,9-10,14H2,1H3,(H,31,34)(H,32,38)(H,33,37)/t16-/m0/s1. The minimum atomic E-state index is -0.898. The number of para-hydroxylation sites is 1. The summed E-state index contributed by atoms with van der Waals surface area (Å²) in [5.41, 5.74) is 0.774. The highest BCUT2D eigenvalue weighted by Crippen LogP contribution is 2.29. The summed E-state index contributed by atoms with van der Waals surface area (Å²) in [6, 6.07) is 15.3. The average Bonchev–Trinajstić information content (AvgIpc) is 3.60. The number of nitrogens with zero attached hydrogens (tertiary/aromatic N) is 3. The normalized spacial score (nSPS) is 14.7. The number of nitrogens with one attached hydrogen (secondary N) is 3. The number of carbonyl (C=O) groups excluding carboxylic acids is 2. The summed E-state index contributed by atoms with van der Waals surface area (Å²) in [5, 5.41) is 12.7. The first-order valence-electron chi connectivity index (χ1n) is 12.0. The molecule has 0 aliphatic carbocycles. The van der Waals surface area contributed by atoms with Crippen LogP contribution < -0.4 is 16.0 Å². The van der Waals surface area contributed by atoms with E-state index in [2.05, 4.69) is 26.0 Å². The molecule has 1 atom stereocenters. The molecular weight excluding hydrogens is 530 g/mol. The van der Waals surface area contributed by atoms with Crippen LogP contribution in [0.25, 0.3) is 16.9 Å².